The molecule has 3 N–H and O–H groups in total. The van der Waals surface area contributed by atoms with Gasteiger partial charge in [-0.25, -0.2) is 0 Å². The Hall–Kier alpha value is -2.59. The first kappa shape index (κ1) is 15.3. The van der Waals surface area contributed by atoms with Crippen LogP contribution in [0.4, 0.5) is 0 Å². The molecule has 0 fully saturated rings. The van der Waals surface area contributed by atoms with Crippen molar-refractivity contribution in [2.45, 2.75) is 25.9 Å². The van der Waals surface area contributed by atoms with Gasteiger partial charge in [0, 0.05) is 30.1 Å². The number of nitrogens with one attached hydrogen (secondary N) is 2. The second kappa shape index (κ2) is 6.67. The topological polar surface area (TPSA) is 65.1 Å². The van der Waals surface area contributed by atoms with Crippen LogP contribution >= 0.6 is 0 Å². The van der Waals surface area contributed by atoms with E-state index in [0.717, 1.165) is 22.0 Å². The Morgan fingerprint density at radius 2 is 2.04 bits per heavy atom. The minimum atomic E-state index is -0.831. The van der Waals surface area contributed by atoms with Crippen molar-refractivity contribution in [3.8, 4) is 0 Å². The van der Waals surface area contributed by atoms with E-state index in [-0.39, 0.29) is 0 Å². The maximum absolute atomic E-state index is 11.6. The molecule has 4 heteroatoms. The van der Waals surface area contributed by atoms with E-state index < -0.39 is 12.0 Å². The summed E-state index contributed by atoms with van der Waals surface area (Å²) in [5, 5.41) is 13.7. The Morgan fingerprint density at radius 3 is 2.83 bits per heavy atom. The van der Waals surface area contributed by atoms with Crippen LogP contribution in [0.15, 0.2) is 54.7 Å². The molecule has 118 valence electrons. The lowest BCUT2D eigenvalue weighted by Crippen LogP contribution is -2.38. The number of hydrogen-bond donors (Lipinski definition) is 3. The summed E-state index contributed by atoms with van der Waals surface area (Å²) in [6.45, 7) is 2.57. The molecule has 3 aromatic rings. The average molecular weight is 308 g/mol. The minimum Gasteiger partial charge on any atom is -0.480 e. The highest BCUT2D eigenvalue weighted by atomic mass is 16.4. The number of aryl methyl sites for hydroxylation is 1. The van der Waals surface area contributed by atoms with Crippen LogP contribution in [0.2, 0.25) is 0 Å². The molecule has 0 amide bonds. The van der Waals surface area contributed by atoms with Crippen molar-refractivity contribution in [2.75, 3.05) is 0 Å². The molecule has 23 heavy (non-hydrogen) atoms. The molecule has 0 bridgehead atoms. The molecule has 1 atom stereocenters. The van der Waals surface area contributed by atoms with E-state index in [9.17, 15) is 9.90 Å². The lowest BCUT2D eigenvalue weighted by Gasteiger charge is -2.14. The van der Waals surface area contributed by atoms with Gasteiger partial charge in [-0.3, -0.25) is 4.79 Å². The third kappa shape index (κ3) is 3.60. The van der Waals surface area contributed by atoms with Crippen molar-refractivity contribution in [3.63, 3.8) is 0 Å². The fourth-order valence-electron chi connectivity index (χ4n) is 2.83. The second-order valence-corrected chi connectivity index (χ2v) is 5.82. The molecule has 1 heterocycles. The van der Waals surface area contributed by atoms with Gasteiger partial charge in [0.15, 0.2) is 0 Å². The van der Waals surface area contributed by atoms with E-state index >= 15 is 0 Å². The largest absolute Gasteiger partial charge is 0.480 e. The van der Waals surface area contributed by atoms with Gasteiger partial charge in [0.2, 0.25) is 0 Å². The maximum atomic E-state index is 11.6. The van der Waals surface area contributed by atoms with Gasteiger partial charge in [-0.15, -0.1) is 0 Å². The Kier molecular flexibility index (Phi) is 4.44. The monoisotopic (exact) mass is 308 g/mol. The van der Waals surface area contributed by atoms with Gasteiger partial charge in [-0.2, -0.15) is 0 Å². The van der Waals surface area contributed by atoms with Crippen LogP contribution in [0, 0.1) is 6.92 Å². The molecule has 0 saturated heterocycles. The molecule has 0 radical (unpaired) electrons. The lowest BCUT2D eigenvalue weighted by molar-refractivity contribution is -0.139. The highest BCUT2D eigenvalue weighted by molar-refractivity contribution is 5.84. The van der Waals surface area contributed by atoms with E-state index in [1.807, 2.05) is 55.6 Å². The normalized spacial score (nSPS) is 12.4. The van der Waals surface area contributed by atoms with E-state index in [4.69, 9.17) is 0 Å². The minimum absolute atomic E-state index is 0.450. The predicted octanol–water partition coefficient (Wildman–Crippen LogP) is 3.26. The number of carboxylic acid groups (broad SMARTS) is 1. The van der Waals surface area contributed by atoms with E-state index in [2.05, 4.69) is 16.4 Å². The Labute approximate surface area is 135 Å². The van der Waals surface area contributed by atoms with E-state index in [1.165, 1.54) is 5.56 Å². The SMILES string of the molecule is Cc1cccc(CN[C@H](Cc2c[nH]c3ccccc23)C(=O)O)c1. The van der Waals surface area contributed by atoms with Gasteiger partial charge in [-0.1, -0.05) is 48.0 Å². The third-order valence-corrected chi connectivity index (χ3v) is 4.03. The number of benzene rings is 2. The lowest BCUT2D eigenvalue weighted by atomic mass is 10.0. The van der Waals surface area contributed by atoms with Crippen molar-refractivity contribution in [1.29, 1.82) is 0 Å². The number of aromatic nitrogens is 1. The van der Waals surface area contributed by atoms with Crippen molar-refractivity contribution in [2.24, 2.45) is 0 Å². The molecule has 0 aliphatic heterocycles. The number of H-pyrrole nitrogens is 1. The fraction of sp³-hybridized carbons (Fsp3) is 0.211. The molecule has 0 spiro atoms. The Balaban J connectivity index is 1.73. The highest BCUT2D eigenvalue weighted by Gasteiger charge is 2.19. The predicted molar refractivity (Wildman–Crippen MR) is 91.4 cm³/mol. The summed E-state index contributed by atoms with van der Waals surface area (Å²) >= 11 is 0. The van der Waals surface area contributed by atoms with Crippen LogP contribution in [-0.2, 0) is 17.8 Å². The Morgan fingerprint density at radius 1 is 1.22 bits per heavy atom. The van der Waals surface area contributed by atoms with Crippen molar-refractivity contribution >= 4 is 16.9 Å². The molecule has 1 aromatic heterocycles. The van der Waals surface area contributed by atoms with Gasteiger partial charge < -0.3 is 15.4 Å². The quantitative estimate of drug-likeness (QED) is 0.655. The number of aliphatic carboxylic acids is 1. The van der Waals surface area contributed by atoms with Crippen LogP contribution in [0.3, 0.4) is 0 Å². The summed E-state index contributed by atoms with van der Waals surface area (Å²) in [4.78, 5) is 14.8. The molecule has 4 nitrogen and oxygen atoms in total. The molecule has 2 aromatic carbocycles. The van der Waals surface area contributed by atoms with Crippen LogP contribution < -0.4 is 5.32 Å². The second-order valence-electron chi connectivity index (χ2n) is 5.82. The van der Waals surface area contributed by atoms with Gasteiger partial charge in [0.25, 0.3) is 0 Å². The number of para-hydroxylation sites is 1. The first-order chi connectivity index (χ1) is 11.1. The summed E-state index contributed by atoms with van der Waals surface area (Å²) in [6.07, 6.45) is 2.35. The molecule has 0 aliphatic rings. The number of fused-ring (bicyclic) bond motifs is 1. The van der Waals surface area contributed by atoms with E-state index in [0.29, 0.717) is 13.0 Å². The molecular formula is C19H20N2O2. The zero-order valence-electron chi connectivity index (χ0n) is 13.0. The van der Waals surface area contributed by atoms with Gasteiger partial charge in [-0.05, 0) is 24.1 Å². The number of rotatable bonds is 6. The summed E-state index contributed by atoms with van der Waals surface area (Å²) in [6, 6.07) is 15.4. The average Bonchev–Trinajstić information content (AvgIpc) is 2.94. The number of aromatic amines is 1. The van der Waals surface area contributed by atoms with Crippen molar-refractivity contribution in [1.82, 2.24) is 10.3 Å². The highest BCUT2D eigenvalue weighted by Crippen LogP contribution is 2.19. The zero-order chi connectivity index (χ0) is 16.2. The van der Waals surface area contributed by atoms with Crippen LogP contribution in [-0.4, -0.2) is 22.1 Å². The van der Waals surface area contributed by atoms with Crippen molar-refractivity contribution in [3.05, 3.63) is 71.4 Å². The molecule has 0 saturated carbocycles. The molecule has 0 aliphatic carbocycles. The van der Waals surface area contributed by atoms with E-state index in [1.54, 1.807) is 0 Å². The van der Waals surface area contributed by atoms with Crippen molar-refractivity contribution < 1.29 is 9.90 Å². The molecule has 3 rings (SSSR count). The first-order valence-electron chi connectivity index (χ1n) is 7.70. The molecular weight excluding hydrogens is 288 g/mol. The first-order valence-corrected chi connectivity index (χ1v) is 7.70. The summed E-state index contributed by atoms with van der Waals surface area (Å²) < 4.78 is 0. The third-order valence-electron chi connectivity index (χ3n) is 4.03. The zero-order valence-corrected chi connectivity index (χ0v) is 13.0. The summed E-state index contributed by atoms with van der Waals surface area (Å²) in [5.41, 5.74) is 4.32. The maximum Gasteiger partial charge on any atom is 0.321 e. The number of hydrogen-bond acceptors (Lipinski definition) is 2. The Bertz CT molecular complexity index is 823. The summed E-state index contributed by atoms with van der Waals surface area (Å²) in [5.74, 6) is -0.831. The van der Waals surface area contributed by atoms with Crippen LogP contribution in [0.1, 0.15) is 16.7 Å². The van der Waals surface area contributed by atoms with Gasteiger partial charge in [0.05, 0.1) is 0 Å². The smallest absolute Gasteiger partial charge is 0.321 e. The number of carbonyl (C=O) groups is 1. The van der Waals surface area contributed by atoms with Gasteiger partial charge in [0.1, 0.15) is 6.04 Å². The fourth-order valence-corrected chi connectivity index (χ4v) is 2.83. The van der Waals surface area contributed by atoms with Crippen LogP contribution in [0.5, 0.6) is 0 Å². The van der Waals surface area contributed by atoms with Crippen LogP contribution in [0.25, 0.3) is 10.9 Å². The summed E-state index contributed by atoms with van der Waals surface area (Å²) in [7, 11) is 0. The standard InChI is InChI=1S/C19H20N2O2/c1-13-5-4-6-14(9-13)11-20-18(19(22)23)10-15-12-21-17-8-3-2-7-16(15)17/h2-9,12,18,20-21H,10-11H2,1H3,(H,22,23)/t18-/m1/s1. The van der Waals surface area contributed by atoms with Gasteiger partial charge >= 0.3 is 5.97 Å². The number of carboxylic acids is 1. The molecule has 0 unspecified atom stereocenters.